The second-order valence-corrected chi connectivity index (χ2v) is 9.57. The van der Waals surface area contributed by atoms with Gasteiger partial charge in [0.1, 0.15) is 5.54 Å². The molecular weight excluding hydrogens is 444 g/mol. The monoisotopic (exact) mass is 466 g/mol. The second-order valence-electron chi connectivity index (χ2n) is 8.58. The van der Waals surface area contributed by atoms with Crippen LogP contribution in [0.1, 0.15) is 17.5 Å². The first kappa shape index (κ1) is 21.6. The van der Waals surface area contributed by atoms with Crippen molar-refractivity contribution in [1.29, 1.82) is 0 Å². The van der Waals surface area contributed by atoms with Gasteiger partial charge in [-0.15, -0.1) is 0 Å². The summed E-state index contributed by atoms with van der Waals surface area (Å²) in [4.78, 5) is 52.7. The van der Waals surface area contributed by atoms with E-state index in [1.54, 1.807) is 24.8 Å². The van der Waals surface area contributed by atoms with Gasteiger partial charge in [0, 0.05) is 29.4 Å². The number of carbonyl (C=O) groups excluding carboxylic acids is 3. The number of para-hydroxylation sites is 1. The Morgan fingerprint density at radius 2 is 1.91 bits per heavy atom. The largest absolute Gasteiger partial charge is 0.324 e. The number of hydrogen-bond donors (Lipinski definition) is 2. The maximum absolute atomic E-state index is 13.9. The van der Waals surface area contributed by atoms with Gasteiger partial charge in [0.15, 0.2) is 0 Å². The van der Waals surface area contributed by atoms with Crippen LogP contribution in [0.3, 0.4) is 0 Å². The van der Waals surface area contributed by atoms with Crippen LogP contribution in [-0.2, 0) is 19.9 Å². The van der Waals surface area contributed by atoms with Crippen molar-refractivity contribution in [2.45, 2.75) is 24.9 Å². The van der Waals surface area contributed by atoms with Crippen LogP contribution in [0.25, 0.3) is 0 Å². The number of hydrogen-bond acceptors (Lipinski definition) is 7. The highest BCUT2D eigenvalue weighted by Gasteiger charge is 2.70. The lowest BCUT2D eigenvalue weighted by molar-refractivity contribution is -0.384. The van der Waals surface area contributed by atoms with Gasteiger partial charge in [-0.25, -0.2) is 4.90 Å². The SMILES string of the molecule is CSCC[C@@H]1N[C@]2(C(=O)Nc3ccccc32)[C@@H]2C(=O)N(c3ccc([N+](=O)[O-])cc3C)C(=O)[C@@H]12. The van der Waals surface area contributed by atoms with Crippen molar-refractivity contribution in [2.24, 2.45) is 11.8 Å². The van der Waals surface area contributed by atoms with Crippen LogP contribution in [0.5, 0.6) is 0 Å². The van der Waals surface area contributed by atoms with E-state index < -0.39 is 28.2 Å². The Morgan fingerprint density at radius 3 is 2.61 bits per heavy atom. The van der Waals surface area contributed by atoms with Crippen LogP contribution in [0.2, 0.25) is 0 Å². The molecule has 0 aromatic heterocycles. The highest BCUT2D eigenvalue weighted by Crippen LogP contribution is 2.54. The number of nitrogens with one attached hydrogen (secondary N) is 2. The number of anilines is 2. The highest BCUT2D eigenvalue weighted by atomic mass is 32.2. The van der Waals surface area contributed by atoms with E-state index in [1.807, 2.05) is 24.5 Å². The quantitative estimate of drug-likeness (QED) is 0.395. The van der Waals surface area contributed by atoms with Gasteiger partial charge in [0.2, 0.25) is 17.7 Å². The van der Waals surface area contributed by atoms with E-state index >= 15 is 0 Å². The number of amides is 3. The number of thioether (sulfide) groups is 1. The molecule has 0 aliphatic carbocycles. The van der Waals surface area contributed by atoms with E-state index in [1.165, 1.54) is 18.2 Å². The molecule has 3 amide bonds. The van der Waals surface area contributed by atoms with Crippen LogP contribution in [0.4, 0.5) is 17.1 Å². The minimum atomic E-state index is -1.33. The molecule has 2 aromatic rings. The third-order valence-electron chi connectivity index (χ3n) is 6.89. The molecule has 9 nitrogen and oxygen atoms in total. The molecule has 4 atom stereocenters. The Balaban J connectivity index is 1.63. The maximum atomic E-state index is 13.9. The molecule has 2 fully saturated rings. The van der Waals surface area contributed by atoms with E-state index in [4.69, 9.17) is 0 Å². The zero-order chi connectivity index (χ0) is 23.5. The summed E-state index contributed by atoms with van der Waals surface area (Å²) in [5.41, 5.74) is 0.612. The number of fused-ring (bicyclic) bond motifs is 4. The van der Waals surface area contributed by atoms with Crippen LogP contribution >= 0.6 is 11.8 Å². The smallest absolute Gasteiger partial charge is 0.269 e. The molecule has 5 rings (SSSR count). The van der Waals surface area contributed by atoms with Crippen molar-refractivity contribution in [3.63, 3.8) is 0 Å². The molecule has 3 heterocycles. The van der Waals surface area contributed by atoms with Gasteiger partial charge in [-0.3, -0.25) is 29.8 Å². The molecule has 2 aromatic carbocycles. The standard InChI is InChI=1S/C23H22N4O5S/c1-12-11-13(27(31)32)7-8-17(12)26-20(28)18-16(9-10-33-2)25-23(19(18)21(26)29)14-5-3-4-6-15(14)24-22(23)30/h3-8,11,16,18-19,25H,9-10H2,1-2H3,(H,24,30)/t16-,18-,19-,23-/m0/s1. The van der Waals surface area contributed by atoms with Gasteiger partial charge in [0.25, 0.3) is 5.69 Å². The Bertz CT molecular complexity index is 1220. The molecule has 2 N–H and O–H groups in total. The topological polar surface area (TPSA) is 122 Å². The lowest BCUT2D eigenvalue weighted by atomic mass is 9.76. The van der Waals surface area contributed by atoms with E-state index in [-0.39, 0.29) is 23.5 Å². The fourth-order valence-corrected chi connectivity index (χ4v) is 5.98. The van der Waals surface area contributed by atoms with E-state index in [0.717, 1.165) is 10.7 Å². The van der Waals surface area contributed by atoms with Gasteiger partial charge in [0.05, 0.1) is 22.4 Å². The summed E-state index contributed by atoms with van der Waals surface area (Å²) < 4.78 is 0. The molecule has 10 heteroatoms. The highest BCUT2D eigenvalue weighted by molar-refractivity contribution is 7.98. The number of non-ortho nitro benzene ring substituents is 1. The molecule has 0 radical (unpaired) electrons. The molecule has 0 bridgehead atoms. The Hall–Kier alpha value is -3.24. The molecule has 0 saturated carbocycles. The molecule has 0 unspecified atom stereocenters. The first-order valence-corrected chi connectivity index (χ1v) is 12.0. The Labute approximate surface area is 194 Å². The lowest BCUT2D eigenvalue weighted by Crippen LogP contribution is -2.53. The lowest BCUT2D eigenvalue weighted by Gasteiger charge is -2.29. The molecular formula is C23H22N4O5S. The number of nitro groups is 1. The van der Waals surface area contributed by atoms with Crippen molar-refractivity contribution >= 4 is 46.5 Å². The zero-order valence-corrected chi connectivity index (χ0v) is 18.8. The average molecular weight is 467 g/mol. The summed E-state index contributed by atoms with van der Waals surface area (Å²) in [6, 6.07) is 10.9. The second kappa shape index (κ2) is 7.67. The minimum Gasteiger partial charge on any atom is -0.324 e. The number of nitrogens with zero attached hydrogens (tertiary/aromatic N) is 2. The average Bonchev–Trinajstić information content (AvgIpc) is 3.37. The first-order chi connectivity index (χ1) is 15.8. The summed E-state index contributed by atoms with van der Waals surface area (Å²) in [5, 5.41) is 17.4. The molecule has 170 valence electrons. The predicted octanol–water partition coefficient (Wildman–Crippen LogP) is 2.58. The molecule has 3 aliphatic heterocycles. The van der Waals surface area contributed by atoms with E-state index in [2.05, 4.69) is 10.6 Å². The van der Waals surface area contributed by atoms with Gasteiger partial charge < -0.3 is 5.32 Å². The number of benzene rings is 2. The van der Waals surface area contributed by atoms with E-state index in [0.29, 0.717) is 28.9 Å². The molecule has 33 heavy (non-hydrogen) atoms. The summed E-state index contributed by atoms with van der Waals surface area (Å²) >= 11 is 1.63. The van der Waals surface area contributed by atoms with Gasteiger partial charge >= 0.3 is 0 Å². The van der Waals surface area contributed by atoms with Crippen LogP contribution in [0.15, 0.2) is 42.5 Å². The Morgan fingerprint density at radius 1 is 1.15 bits per heavy atom. The van der Waals surface area contributed by atoms with Crippen LogP contribution in [0, 0.1) is 28.9 Å². The number of imide groups is 1. The fourth-order valence-electron chi connectivity index (χ4n) is 5.49. The summed E-state index contributed by atoms with van der Waals surface area (Å²) in [7, 11) is 0. The zero-order valence-electron chi connectivity index (χ0n) is 18.0. The number of rotatable bonds is 5. The molecule has 1 spiro atoms. The fraction of sp³-hybridized carbons (Fsp3) is 0.348. The number of nitro benzene ring substituents is 1. The third-order valence-corrected chi connectivity index (χ3v) is 7.53. The van der Waals surface area contributed by atoms with Gasteiger partial charge in [-0.1, -0.05) is 18.2 Å². The van der Waals surface area contributed by atoms with Gasteiger partial charge in [-0.05, 0) is 43.0 Å². The maximum Gasteiger partial charge on any atom is 0.269 e. The first-order valence-electron chi connectivity index (χ1n) is 10.6. The predicted molar refractivity (Wildman–Crippen MR) is 124 cm³/mol. The minimum absolute atomic E-state index is 0.115. The van der Waals surface area contributed by atoms with Crippen molar-refractivity contribution < 1.29 is 19.3 Å². The summed E-state index contributed by atoms with van der Waals surface area (Å²) in [6.45, 7) is 1.63. The van der Waals surface area contributed by atoms with Crippen molar-refractivity contribution in [3.05, 3.63) is 63.7 Å². The number of aryl methyl sites for hydroxylation is 1. The summed E-state index contributed by atoms with van der Waals surface area (Å²) in [5.74, 6) is -2.04. The Kier molecular flexibility index (Phi) is 5.02. The normalized spacial score (nSPS) is 27.8. The van der Waals surface area contributed by atoms with E-state index in [9.17, 15) is 24.5 Å². The summed E-state index contributed by atoms with van der Waals surface area (Å²) in [6.07, 6.45) is 2.58. The molecule has 3 aliphatic rings. The number of carbonyl (C=O) groups is 3. The van der Waals surface area contributed by atoms with Crippen molar-refractivity contribution in [1.82, 2.24) is 5.32 Å². The molecule has 2 saturated heterocycles. The van der Waals surface area contributed by atoms with Crippen molar-refractivity contribution in [2.75, 3.05) is 22.2 Å². The van der Waals surface area contributed by atoms with Crippen LogP contribution in [-0.4, -0.2) is 40.7 Å². The van der Waals surface area contributed by atoms with Crippen LogP contribution < -0.4 is 15.5 Å². The van der Waals surface area contributed by atoms with Crippen molar-refractivity contribution in [3.8, 4) is 0 Å². The van der Waals surface area contributed by atoms with Gasteiger partial charge in [-0.2, -0.15) is 11.8 Å². The third kappa shape index (κ3) is 2.94.